The van der Waals surface area contributed by atoms with Crippen LogP contribution in [0.4, 0.5) is 10.1 Å². The number of pyridine rings is 1. The normalized spacial score (nSPS) is 11.0. The van der Waals surface area contributed by atoms with Crippen molar-refractivity contribution in [3.8, 4) is 5.69 Å². The molecule has 0 unspecified atom stereocenters. The summed E-state index contributed by atoms with van der Waals surface area (Å²) in [5.74, 6) is -0.773. The molecule has 2 aromatic carbocycles. The lowest BCUT2D eigenvalue weighted by atomic mass is 10.1. The molecule has 6 nitrogen and oxygen atoms in total. The van der Waals surface area contributed by atoms with Crippen LogP contribution in [0.3, 0.4) is 0 Å². The van der Waals surface area contributed by atoms with Crippen molar-refractivity contribution in [3.63, 3.8) is 0 Å². The minimum Gasteiger partial charge on any atom is -0.345 e. The number of carbonyl (C=O) groups is 1. The molecule has 2 aromatic heterocycles. The first kappa shape index (κ1) is 17.7. The molecule has 0 aliphatic heterocycles. The van der Waals surface area contributed by atoms with Gasteiger partial charge < -0.3 is 9.88 Å². The van der Waals surface area contributed by atoms with Crippen LogP contribution >= 0.6 is 0 Å². The Balaban J connectivity index is 1.82. The zero-order valence-corrected chi connectivity index (χ0v) is 15.3. The largest absolute Gasteiger partial charge is 0.345 e. The van der Waals surface area contributed by atoms with Gasteiger partial charge >= 0.3 is 0 Å². The second-order valence-electron chi connectivity index (χ2n) is 6.43. The maximum absolute atomic E-state index is 13.2. The first-order chi connectivity index (χ1) is 13.5. The predicted octanol–water partition coefficient (Wildman–Crippen LogP) is 3.44. The van der Waals surface area contributed by atoms with Gasteiger partial charge in [0.2, 0.25) is 5.43 Å². The number of rotatable bonds is 3. The van der Waals surface area contributed by atoms with Crippen molar-refractivity contribution in [2.75, 3.05) is 11.9 Å². The number of aryl methyl sites for hydroxylation is 1. The quantitative estimate of drug-likeness (QED) is 0.595. The van der Waals surface area contributed by atoms with Crippen molar-refractivity contribution in [1.82, 2.24) is 14.8 Å². The van der Waals surface area contributed by atoms with Crippen molar-refractivity contribution in [2.24, 2.45) is 0 Å². The van der Waals surface area contributed by atoms with Crippen LogP contribution < -0.4 is 10.3 Å². The van der Waals surface area contributed by atoms with Gasteiger partial charge in [-0.3, -0.25) is 9.59 Å². The summed E-state index contributed by atoms with van der Waals surface area (Å²) in [4.78, 5) is 30.4. The maximum Gasteiger partial charge on any atom is 0.263 e. The fourth-order valence-electron chi connectivity index (χ4n) is 3.15. The third-order valence-electron chi connectivity index (χ3n) is 4.64. The van der Waals surface area contributed by atoms with Gasteiger partial charge in [0.15, 0.2) is 0 Å². The number of halogens is 1. The van der Waals surface area contributed by atoms with Gasteiger partial charge in [0, 0.05) is 18.9 Å². The first-order valence-corrected chi connectivity index (χ1v) is 8.67. The van der Waals surface area contributed by atoms with Crippen LogP contribution in [0, 0.1) is 12.7 Å². The number of hydrogen-bond acceptors (Lipinski definition) is 3. The number of nitrogens with zero attached hydrogens (tertiary/aromatic N) is 3. The molecule has 0 bridgehead atoms. The van der Waals surface area contributed by atoms with Gasteiger partial charge in [0.05, 0.1) is 16.8 Å². The van der Waals surface area contributed by atoms with E-state index >= 15 is 0 Å². The minimum absolute atomic E-state index is 0.0283. The highest BCUT2D eigenvalue weighted by atomic mass is 19.1. The molecule has 0 saturated heterocycles. The van der Waals surface area contributed by atoms with E-state index in [1.54, 1.807) is 38.2 Å². The average Bonchev–Trinajstić information content (AvgIpc) is 3.06. The fraction of sp³-hybridized carbons (Fsp3) is 0.0952. The van der Waals surface area contributed by atoms with Crippen LogP contribution in [0.2, 0.25) is 0 Å². The summed E-state index contributed by atoms with van der Waals surface area (Å²) < 4.78 is 14.7. The first-order valence-electron chi connectivity index (χ1n) is 8.67. The number of hydrogen-bond donors (Lipinski definition) is 1. The van der Waals surface area contributed by atoms with Crippen molar-refractivity contribution < 1.29 is 9.18 Å². The van der Waals surface area contributed by atoms with E-state index in [4.69, 9.17) is 0 Å². The summed E-state index contributed by atoms with van der Waals surface area (Å²) >= 11 is 0. The molecule has 0 atom stereocenters. The number of anilines is 1. The highest BCUT2D eigenvalue weighted by Gasteiger charge is 2.21. The number of H-pyrrole nitrogens is 1. The lowest BCUT2D eigenvalue weighted by molar-refractivity contribution is 0.0992. The predicted molar refractivity (Wildman–Crippen MR) is 106 cm³/mol. The topological polar surface area (TPSA) is 71.0 Å². The number of aromatic amines is 1. The Kier molecular flexibility index (Phi) is 4.27. The molecule has 140 valence electrons. The van der Waals surface area contributed by atoms with E-state index in [9.17, 15) is 14.0 Å². The monoisotopic (exact) mass is 376 g/mol. The second kappa shape index (κ2) is 6.77. The zero-order valence-electron chi connectivity index (χ0n) is 15.3. The molecule has 4 rings (SSSR count). The third-order valence-corrected chi connectivity index (χ3v) is 4.64. The highest BCUT2D eigenvalue weighted by molar-refractivity contribution is 6.07. The number of fused-ring (bicyclic) bond motifs is 1. The molecule has 0 fully saturated rings. The molecule has 4 aromatic rings. The van der Waals surface area contributed by atoms with Gasteiger partial charge in [-0.15, -0.1) is 0 Å². The van der Waals surface area contributed by atoms with Crippen LogP contribution in [0.1, 0.15) is 16.1 Å². The van der Waals surface area contributed by atoms with Crippen LogP contribution in [-0.4, -0.2) is 27.7 Å². The van der Waals surface area contributed by atoms with E-state index < -0.39 is 11.3 Å². The Hall–Kier alpha value is -3.74. The molecule has 1 N–H and O–H groups in total. The molecule has 28 heavy (non-hydrogen) atoms. The standard InChI is InChI=1S/C21H17FN4O2/c1-13-18-19(27)17(21(28)25(2)15-6-4-3-5-7-15)12-23-20(18)26(24-13)16-10-8-14(22)9-11-16/h3-12H,1-2H3,(H,23,27). The zero-order chi connectivity index (χ0) is 19.8. The van der Waals surface area contributed by atoms with Crippen LogP contribution in [0.15, 0.2) is 65.6 Å². The molecular formula is C21H17FN4O2. The summed E-state index contributed by atoms with van der Waals surface area (Å²) in [7, 11) is 1.62. The molecule has 0 saturated carbocycles. The van der Waals surface area contributed by atoms with E-state index in [1.165, 1.54) is 27.9 Å². The van der Waals surface area contributed by atoms with Crippen molar-refractivity contribution >= 4 is 22.6 Å². The average molecular weight is 376 g/mol. The Morgan fingerprint density at radius 3 is 2.46 bits per heavy atom. The second-order valence-corrected chi connectivity index (χ2v) is 6.43. The molecule has 0 spiro atoms. The lowest BCUT2D eigenvalue weighted by Crippen LogP contribution is -2.31. The Morgan fingerprint density at radius 1 is 1.11 bits per heavy atom. The molecule has 0 aliphatic carbocycles. The number of nitrogens with one attached hydrogen (secondary N) is 1. The van der Waals surface area contributed by atoms with E-state index in [-0.39, 0.29) is 11.4 Å². The van der Waals surface area contributed by atoms with Crippen molar-refractivity contribution in [3.05, 3.63) is 88.1 Å². The highest BCUT2D eigenvalue weighted by Crippen LogP contribution is 2.19. The maximum atomic E-state index is 13.2. The number of benzene rings is 2. The lowest BCUT2D eigenvalue weighted by Gasteiger charge is -2.16. The van der Waals surface area contributed by atoms with E-state index in [1.807, 2.05) is 18.2 Å². The molecular weight excluding hydrogens is 359 g/mol. The summed E-state index contributed by atoms with van der Waals surface area (Å²) in [6.07, 6.45) is 1.40. The van der Waals surface area contributed by atoms with Crippen LogP contribution in [-0.2, 0) is 0 Å². The third kappa shape index (κ3) is 2.87. The summed E-state index contributed by atoms with van der Waals surface area (Å²) in [5.41, 5.74) is 1.86. The molecule has 0 radical (unpaired) electrons. The van der Waals surface area contributed by atoms with Gasteiger partial charge in [-0.1, -0.05) is 18.2 Å². The summed E-state index contributed by atoms with van der Waals surface area (Å²) in [5, 5.41) is 4.72. The number of amides is 1. The Bertz CT molecular complexity index is 1230. The Morgan fingerprint density at radius 2 is 1.79 bits per heavy atom. The number of para-hydroxylation sites is 1. The van der Waals surface area contributed by atoms with E-state index in [0.29, 0.717) is 28.1 Å². The van der Waals surface area contributed by atoms with Gasteiger partial charge in [0.25, 0.3) is 5.91 Å². The van der Waals surface area contributed by atoms with Crippen LogP contribution in [0.25, 0.3) is 16.7 Å². The minimum atomic E-state index is -0.414. The molecule has 2 heterocycles. The van der Waals surface area contributed by atoms with E-state index in [2.05, 4.69) is 10.1 Å². The number of aromatic nitrogens is 3. The van der Waals surface area contributed by atoms with Gasteiger partial charge in [-0.25, -0.2) is 9.07 Å². The van der Waals surface area contributed by atoms with Gasteiger partial charge in [-0.05, 0) is 43.3 Å². The van der Waals surface area contributed by atoms with Gasteiger partial charge in [-0.2, -0.15) is 5.10 Å². The summed E-state index contributed by atoms with van der Waals surface area (Å²) in [6, 6.07) is 14.9. The Labute approximate surface area is 159 Å². The summed E-state index contributed by atoms with van der Waals surface area (Å²) in [6.45, 7) is 1.70. The van der Waals surface area contributed by atoms with Crippen molar-refractivity contribution in [2.45, 2.75) is 6.92 Å². The SMILES string of the molecule is Cc1nn(-c2ccc(F)cc2)c2[nH]cc(C(=O)N(C)c3ccccc3)c(=O)c12. The van der Waals surface area contributed by atoms with Crippen molar-refractivity contribution in [1.29, 1.82) is 0 Å². The smallest absolute Gasteiger partial charge is 0.263 e. The molecule has 0 aliphatic rings. The van der Waals surface area contributed by atoms with E-state index in [0.717, 1.165) is 0 Å². The number of carbonyl (C=O) groups excluding carboxylic acids is 1. The van der Waals surface area contributed by atoms with Crippen LogP contribution in [0.5, 0.6) is 0 Å². The molecule has 1 amide bonds. The molecule has 7 heteroatoms. The van der Waals surface area contributed by atoms with Gasteiger partial charge in [0.1, 0.15) is 17.0 Å². The fourth-order valence-corrected chi connectivity index (χ4v) is 3.15.